The highest BCUT2D eigenvalue weighted by atomic mass is 16.5. The van der Waals surface area contributed by atoms with Crippen LogP contribution in [0.25, 0.3) is 11.3 Å². The second-order valence-electron chi connectivity index (χ2n) is 7.29. The first kappa shape index (κ1) is 19.8. The van der Waals surface area contributed by atoms with Crippen LogP contribution in [0.3, 0.4) is 0 Å². The molecule has 0 saturated heterocycles. The maximum absolute atomic E-state index is 12.4. The molecule has 7 nitrogen and oxygen atoms in total. The fraction of sp³-hybridized carbons (Fsp3) is 0.381. The second-order valence-corrected chi connectivity index (χ2v) is 7.29. The summed E-state index contributed by atoms with van der Waals surface area (Å²) in [5, 5.41) is 22.5. The van der Waals surface area contributed by atoms with Crippen molar-refractivity contribution in [2.75, 3.05) is 13.6 Å². The van der Waals surface area contributed by atoms with Gasteiger partial charge in [-0.3, -0.25) is 9.80 Å². The van der Waals surface area contributed by atoms with Gasteiger partial charge in [-0.15, -0.1) is 0 Å². The number of nitrogens with zero attached hydrogens (tertiary/aromatic N) is 3. The third-order valence-corrected chi connectivity index (χ3v) is 4.85. The van der Waals surface area contributed by atoms with E-state index in [4.69, 9.17) is 4.52 Å². The van der Waals surface area contributed by atoms with Gasteiger partial charge in [-0.2, -0.15) is 5.10 Å². The Balaban J connectivity index is 1.43. The fourth-order valence-corrected chi connectivity index (χ4v) is 3.09. The Labute approximate surface area is 164 Å². The average molecular weight is 382 g/mol. The number of carbonyl (C=O) groups is 1. The van der Waals surface area contributed by atoms with Crippen LogP contribution in [0.2, 0.25) is 0 Å². The standard InChI is InChI=1S/C21H26N4O3/c1-14(15(2)26)12-22-25(3)13-16-9-18(10-16)23-21(27)20-11-19(24-28-20)17-7-5-4-6-8-17/h4-8,11-12,15-16,18,26H,1,9-10,13H2,2-3H3,(H,23,27)/b22-12-/t15-,16?,18?/m0/s1. The lowest BCUT2D eigenvalue weighted by Crippen LogP contribution is -2.46. The summed E-state index contributed by atoms with van der Waals surface area (Å²) >= 11 is 0. The van der Waals surface area contributed by atoms with E-state index in [1.54, 1.807) is 19.2 Å². The summed E-state index contributed by atoms with van der Waals surface area (Å²) in [6.07, 6.45) is 2.76. The third-order valence-electron chi connectivity index (χ3n) is 4.85. The number of benzene rings is 1. The highest BCUT2D eigenvalue weighted by Gasteiger charge is 2.32. The lowest BCUT2D eigenvalue weighted by atomic mass is 9.80. The van der Waals surface area contributed by atoms with Gasteiger partial charge in [0.05, 0.1) is 12.3 Å². The largest absolute Gasteiger partial charge is 0.389 e. The van der Waals surface area contributed by atoms with Crippen LogP contribution in [-0.2, 0) is 0 Å². The van der Waals surface area contributed by atoms with Crippen LogP contribution in [0.5, 0.6) is 0 Å². The topological polar surface area (TPSA) is 91.0 Å². The molecule has 0 radical (unpaired) electrons. The summed E-state index contributed by atoms with van der Waals surface area (Å²) in [6, 6.07) is 11.4. The molecule has 1 aliphatic rings. The van der Waals surface area contributed by atoms with Gasteiger partial charge in [0, 0.05) is 31.3 Å². The van der Waals surface area contributed by atoms with Crippen molar-refractivity contribution >= 4 is 12.1 Å². The van der Waals surface area contributed by atoms with Crippen LogP contribution in [0.4, 0.5) is 0 Å². The van der Waals surface area contributed by atoms with Crippen LogP contribution in [0.1, 0.15) is 30.3 Å². The molecule has 2 N–H and O–H groups in total. The van der Waals surface area contributed by atoms with E-state index in [-0.39, 0.29) is 17.7 Å². The van der Waals surface area contributed by atoms with Gasteiger partial charge >= 0.3 is 0 Å². The van der Waals surface area contributed by atoms with E-state index in [1.807, 2.05) is 42.4 Å². The predicted octanol–water partition coefficient (Wildman–Crippen LogP) is 2.70. The predicted molar refractivity (Wildman–Crippen MR) is 108 cm³/mol. The summed E-state index contributed by atoms with van der Waals surface area (Å²) in [5.74, 6) is 0.445. The molecule has 0 unspecified atom stereocenters. The molecule has 0 bridgehead atoms. The van der Waals surface area contributed by atoms with Gasteiger partial charge in [-0.25, -0.2) is 0 Å². The first-order valence-corrected chi connectivity index (χ1v) is 9.37. The number of aliphatic hydroxyl groups excluding tert-OH is 1. The van der Waals surface area contributed by atoms with Gasteiger partial charge in [0.25, 0.3) is 5.91 Å². The van der Waals surface area contributed by atoms with Crippen molar-refractivity contribution in [2.24, 2.45) is 11.0 Å². The molecule has 2 aromatic rings. The van der Waals surface area contributed by atoms with Crippen molar-refractivity contribution in [1.29, 1.82) is 0 Å². The molecule has 0 aliphatic heterocycles. The van der Waals surface area contributed by atoms with E-state index in [1.165, 1.54) is 0 Å². The molecule has 1 aromatic carbocycles. The zero-order chi connectivity index (χ0) is 20.1. The molecule has 1 aliphatic carbocycles. The van der Waals surface area contributed by atoms with Gasteiger partial charge in [-0.1, -0.05) is 42.1 Å². The Kier molecular flexibility index (Phi) is 6.26. The smallest absolute Gasteiger partial charge is 0.290 e. The van der Waals surface area contributed by atoms with Crippen molar-refractivity contribution in [2.45, 2.75) is 31.9 Å². The molecule has 148 valence electrons. The maximum atomic E-state index is 12.4. The maximum Gasteiger partial charge on any atom is 0.290 e. The van der Waals surface area contributed by atoms with Gasteiger partial charge < -0.3 is 14.9 Å². The van der Waals surface area contributed by atoms with Crippen molar-refractivity contribution in [3.05, 3.63) is 54.3 Å². The number of aromatic nitrogens is 1. The van der Waals surface area contributed by atoms with Gasteiger partial charge in [-0.05, 0) is 31.3 Å². The number of amides is 1. The van der Waals surface area contributed by atoms with Crippen LogP contribution in [0, 0.1) is 5.92 Å². The van der Waals surface area contributed by atoms with E-state index in [0.29, 0.717) is 17.2 Å². The number of rotatable bonds is 8. The van der Waals surface area contributed by atoms with E-state index in [9.17, 15) is 9.90 Å². The van der Waals surface area contributed by atoms with E-state index in [2.05, 4.69) is 22.2 Å². The molecule has 1 saturated carbocycles. The Morgan fingerprint density at radius 2 is 2.18 bits per heavy atom. The van der Waals surface area contributed by atoms with Gasteiger partial charge in [0.1, 0.15) is 5.69 Å². The Hall–Kier alpha value is -2.93. The summed E-state index contributed by atoms with van der Waals surface area (Å²) in [4.78, 5) is 12.4. The Bertz CT molecular complexity index is 838. The monoisotopic (exact) mass is 382 g/mol. The molecule has 3 rings (SSSR count). The quantitative estimate of drug-likeness (QED) is 0.541. The summed E-state index contributed by atoms with van der Waals surface area (Å²) in [6.45, 7) is 6.19. The summed E-state index contributed by atoms with van der Waals surface area (Å²) < 4.78 is 5.20. The zero-order valence-corrected chi connectivity index (χ0v) is 16.2. The lowest BCUT2D eigenvalue weighted by Gasteiger charge is -2.37. The molecule has 1 amide bonds. The molecule has 1 fully saturated rings. The van der Waals surface area contributed by atoms with Crippen molar-refractivity contribution < 1.29 is 14.4 Å². The zero-order valence-electron chi connectivity index (χ0n) is 16.2. The van der Waals surface area contributed by atoms with Crippen LogP contribution in [-0.4, -0.2) is 53.1 Å². The first-order chi connectivity index (χ1) is 13.4. The second kappa shape index (κ2) is 8.84. The molecular formula is C21H26N4O3. The molecule has 1 aromatic heterocycles. The minimum absolute atomic E-state index is 0.132. The van der Waals surface area contributed by atoms with Gasteiger partial charge in [0.2, 0.25) is 5.76 Å². The molecular weight excluding hydrogens is 356 g/mol. The number of aliphatic hydroxyl groups is 1. The fourth-order valence-electron chi connectivity index (χ4n) is 3.09. The number of hydrogen-bond acceptors (Lipinski definition) is 6. The van der Waals surface area contributed by atoms with E-state index < -0.39 is 6.10 Å². The van der Waals surface area contributed by atoms with Crippen molar-refractivity contribution in [1.82, 2.24) is 15.5 Å². The molecule has 0 spiro atoms. The number of carbonyl (C=O) groups excluding carboxylic acids is 1. The van der Waals surface area contributed by atoms with Crippen molar-refractivity contribution in [3.63, 3.8) is 0 Å². The minimum Gasteiger partial charge on any atom is -0.389 e. The number of nitrogens with one attached hydrogen (secondary N) is 1. The lowest BCUT2D eigenvalue weighted by molar-refractivity contribution is 0.0833. The highest BCUT2D eigenvalue weighted by molar-refractivity contribution is 5.92. The molecule has 7 heteroatoms. The number of hydrogen-bond donors (Lipinski definition) is 2. The molecule has 1 atom stereocenters. The van der Waals surface area contributed by atoms with Crippen LogP contribution in [0.15, 0.2) is 58.2 Å². The van der Waals surface area contributed by atoms with Gasteiger partial charge in [0.15, 0.2) is 0 Å². The Morgan fingerprint density at radius 1 is 1.46 bits per heavy atom. The SMILES string of the molecule is C=C(/C=N\N(C)CC1CC(NC(=O)c2cc(-c3ccccc3)no2)C1)[C@H](C)O. The third kappa shape index (κ3) is 5.07. The van der Waals surface area contributed by atoms with E-state index in [0.717, 1.165) is 24.9 Å². The normalized spacial score (nSPS) is 19.8. The first-order valence-electron chi connectivity index (χ1n) is 9.37. The number of hydrazone groups is 1. The van der Waals surface area contributed by atoms with Crippen LogP contribution < -0.4 is 5.32 Å². The van der Waals surface area contributed by atoms with E-state index >= 15 is 0 Å². The molecule has 28 heavy (non-hydrogen) atoms. The average Bonchev–Trinajstić information content (AvgIpc) is 3.15. The Morgan fingerprint density at radius 3 is 2.86 bits per heavy atom. The van der Waals surface area contributed by atoms with Crippen molar-refractivity contribution in [3.8, 4) is 11.3 Å². The minimum atomic E-state index is -0.598. The summed E-state index contributed by atoms with van der Waals surface area (Å²) in [7, 11) is 1.89. The van der Waals surface area contributed by atoms with Crippen LogP contribution >= 0.6 is 0 Å². The highest BCUT2D eigenvalue weighted by Crippen LogP contribution is 2.28. The molecule has 1 heterocycles. The summed E-state index contributed by atoms with van der Waals surface area (Å²) in [5.41, 5.74) is 2.14.